The van der Waals surface area contributed by atoms with E-state index < -0.39 is 0 Å². The fourth-order valence-corrected chi connectivity index (χ4v) is 2.84. The molecular weight excluding hydrogens is 310 g/mol. The van der Waals surface area contributed by atoms with Gasteiger partial charge in [-0.1, -0.05) is 61.9 Å². The van der Waals surface area contributed by atoms with Crippen LogP contribution in [0.25, 0.3) is 0 Å². The van der Waals surface area contributed by atoms with E-state index in [4.69, 9.17) is 0 Å². The first-order valence-corrected chi connectivity index (χ1v) is 9.00. The summed E-state index contributed by atoms with van der Waals surface area (Å²) in [6.07, 6.45) is 2.55. The highest BCUT2D eigenvalue weighted by Crippen LogP contribution is 2.16. The van der Waals surface area contributed by atoms with Crippen LogP contribution in [0.3, 0.4) is 0 Å². The van der Waals surface area contributed by atoms with Gasteiger partial charge in [-0.3, -0.25) is 9.59 Å². The van der Waals surface area contributed by atoms with Gasteiger partial charge in [-0.15, -0.1) is 0 Å². The summed E-state index contributed by atoms with van der Waals surface area (Å²) in [5.41, 5.74) is 5.08. The van der Waals surface area contributed by atoms with Crippen molar-refractivity contribution in [3.8, 4) is 0 Å². The van der Waals surface area contributed by atoms with E-state index in [0.717, 1.165) is 35.1 Å². The van der Waals surface area contributed by atoms with Gasteiger partial charge in [-0.25, -0.2) is 0 Å². The second kappa shape index (κ2) is 9.16. The van der Waals surface area contributed by atoms with Crippen molar-refractivity contribution in [3.63, 3.8) is 0 Å². The van der Waals surface area contributed by atoms with Crippen LogP contribution in [0.5, 0.6) is 0 Å². The lowest BCUT2D eigenvalue weighted by Gasteiger charge is -2.10. The summed E-state index contributed by atoms with van der Waals surface area (Å²) in [5.74, 6) is 0.185. The van der Waals surface area contributed by atoms with Gasteiger partial charge >= 0.3 is 0 Å². The summed E-state index contributed by atoms with van der Waals surface area (Å²) < 4.78 is 0. The van der Waals surface area contributed by atoms with E-state index in [1.54, 1.807) is 0 Å². The molecule has 2 aromatic rings. The first kappa shape index (κ1) is 18.9. The van der Waals surface area contributed by atoms with Gasteiger partial charge in [-0.2, -0.15) is 0 Å². The number of carbonyl (C=O) groups excluding carboxylic acids is 2. The van der Waals surface area contributed by atoms with Gasteiger partial charge in [0.15, 0.2) is 5.78 Å². The minimum absolute atomic E-state index is 0.00439. The maximum atomic E-state index is 12.2. The summed E-state index contributed by atoms with van der Waals surface area (Å²) in [7, 11) is 0. The van der Waals surface area contributed by atoms with E-state index in [1.165, 1.54) is 5.56 Å². The van der Waals surface area contributed by atoms with Crippen LogP contribution in [0.4, 0.5) is 0 Å². The first-order valence-electron chi connectivity index (χ1n) is 9.00. The Balaban J connectivity index is 1.98. The fourth-order valence-electron chi connectivity index (χ4n) is 2.84. The highest BCUT2D eigenvalue weighted by Gasteiger charge is 2.11. The molecule has 0 fully saturated rings. The molecule has 0 aliphatic heterocycles. The SMILES string of the molecule is CCCC(=O)c1ccc(CC(=O)NCc2ccc(C)cc2)cc1CC. The predicted octanol–water partition coefficient (Wildman–Crippen LogP) is 4.40. The lowest BCUT2D eigenvalue weighted by molar-refractivity contribution is -0.120. The van der Waals surface area contributed by atoms with Crippen LogP contribution >= 0.6 is 0 Å². The van der Waals surface area contributed by atoms with Crippen molar-refractivity contribution in [1.29, 1.82) is 0 Å². The Morgan fingerprint density at radius 2 is 1.64 bits per heavy atom. The van der Waals surface area contributed by atoms with E-state index in [-0.39, 0.29) is 11.7 Å². The Labute approximate surface area is 150 Å². The third kappa shape index (κ3) is 5.56. The molecule has 25 heavy (non-hydrogen) atoms. The van der Waals surface area contributed by atoms with Gasteiger partial charge in [-0.05, 0) is 36.5 Å². The molecule has 0 bridgehead atoms. The average Bonchev–Trinajstić information content (AvgIpc) is 2.61. The lowest BCUT2D eigenvalue weighted by Crippen LogP contribution is -2.24. The van der Waals surface area contributed by atoms with E-state index in [1.807, 2.05) is 63.2 Å². The van der Waals surface area contributed by atoms with Crippen LogP contribution in [-0.2, 0) is 24.2 Å². The summed E-state index contributed by atoms with van der Waals surface area (Å²) in [6, 6.07) is 13.9. The predicted molar refractivity (Wildman–Crippen MR) is 102 cm³/mol. The summed E-state index contributed by atoms with van der Waals surface area (Å²) in [5, 5.41) is 2.96. The van der Waals surface area contributed by atoms with Crippen LogP contribution < -0.4 is 5.32 Å². The standard InChI is InChI=1S/C22H27NO2/c1-4-6-21(24)20-12-11-18(13-19(20)5-2)14-22(25)23-15-17-9-7-16(3)8-10-17/h7-13H,4-6,14-15H2,1-3H3,(H,23,25). The highest BCUT2D eigenvalue weighted by molar-refractivity contribution is 5.97. The lowest BCUT2D eigenvalue weighted by atomic mass is 9.96. The number of ketones is 1. The molecule has 0 saturated heterocycles. The zero-order valence-electron chi connectivity index (χ0n) is 15.4. The molecule has 0 spiro atoms. The second-order valence-corrected chi connectivity index (χ2v) is 6.46. The van der Waals surface area contributed by atoms with Gasteiger partial charge in [0.05, 0.1) is 6.42 Å². The van der Waals surface area contributed by atoms with Crippen LogP contribution in [0, 0.1) is 6.92 Å². The number of carbonyl (C=O) groups is 2. The normalized spacial score (nSPS) is 10.5. The largest absolute Gasteiger partial charge is 0.352 e. The zero-order chi connectivity index (χ0) is 18.2. The molecular formula is C22H27NO2. The van der Waals surface area contributed by atoms with Gasteiger partial charge in [0, 0.05) is 18.5 Å². The van der Waals surface area contributed by atoms with Crippen molar-refractivity contribution in [3.05, 3.63) is 70.3 Å². The Bertz CT molecular complexity index is 732. The van der Waals surface area contributed by atoms with Crippen molar-refractivity contribution in [2.45, 2.75) is 53.0 Å². The zero-order valence-corrected chi connectivity index (χ0v) is 15.4. The molecule has 1 N–H and O–H groups in total. The molecule has 0 aliphatic rings. The minimum atomic E-state index is -0.00439. The number of nitrogens with one attached hydrogen (secondary N) is 1. The quantitative estimate of drug-likeness (QED) is 0.726. The molecule has 0 aliphatic carbocycles. The van der Waals surface area contributed by atoms with Crippen molar-refractivity contribution < 1.29 is 9.59 Å². The van der Waals surface area contributed by atoms with Crippen LogP contribution in [0.1, 0.15) is 59.3 Å². The van der Waals surface area contributed by atoms with Crippen molar-refractivity contribution in [1.82, 2.24) is 5.32 Å². The van der Waals surface area contributed by atoms with Crippen molar-refractivity contribution in [2.24, 2.45) is 0 Å². The number of Topliss-reactive ketones (excluding diaryl/α,β-unsaturated/α-hetero) is 1. The van der Waals surface area contributed by atoms with Crippen LogP contribution in [-0.4, -0.2) is 11.7 Å². The minimum Gasteiger partial charge on any atom is -0.352 e. The average molecular weight is 337 g/mol. The maximum Gasteiger partial charge on any atom is 0.224 e. The summed E-state index contributed by atoms with van der Waals surface area (Å²) >= 11 is 0. The molecule has 0 radical (unpaired) electrons. The van der Waals surface area contributed by atoms with Crippen molar-refractivity contribution >= 4 is 11.7 Å². The Morgan fingerprint density at radius 3 is 2.28 bits per heavy atom. The third-order valence-electron chi connectivity index (χ3n) is 4.30. The molecule has 2 aromatic carbocycles. The number of benzene rings is 2. The Hall–Kier alpha value is -2.42. The number of hydrogen-bond acceptors (Lipinski definition) is 2. The second-order valence-electron chi connectivity index (χ2n) is 6.46. The third-order valence-corrected chi connectivity index (χ3v) is 4.30. The van der Waals surface area contributed by atoms with Crippen LogP contribution in [0.2, 0.25) is 0 Å². The van der Waals surface area contributed by atoms with E-state index >= 15 is 0 Å². The number of amides is 1. The van der Waals surface area contributed by atoms with Gasteiger partial charge in [0.25, 0.3) is 0 Å². The number of hydrogen-bond donors (Lipinski definition) is 1. The molecule has 0 unspecified atom stereocenters. The highest BCUT2D eigenvalue weighted by atomic mass is 16.1. The summed E-state index contributed by atoms with van der Waals surface area (Å²) in [6.45, 7) is 6.63. The molecule has 1 amide bonds. The van der Waals surface area contributed by atoms with E-state index in [2.05, 4.69) is 5.32 Å². The van der Waals surface area contributed by atoms with E-state index in [0.29, 0.717) is 19.4 Å². The monoisotopic (exact) mass is 337 g/mol. The molecule has 3 nitrogen and oxygen atoms in total. The van der Waals surface area contributed by atoms with Crippen LogP contribution in [0.15, 0.2) is 42.5 Å². The van der Waals surface area contributed by atoms with Gasteiger partial charge < -0.3 is 5.32 Å². The van der Waals surface area contributed by atoms with Gasteiger partial charge in [0.2, 0.25) is 5.91 Å². The molecule has 0 heterocycles. The Kier molecular flexibility index (Phi) is 6.93. The first-order chi connectivity index (χ1) is 12.0. The van der Waals surface area contributed by atoms with Crippen molar-refractivity contribution in [2.75, 3.05) is 0 Å². The summed E-state index contributed by atoms with van der Waals surface area (Å²) in [4.78, 5) is 24.4. The smallest absolute Gasteiger partial charge is 0.224 e. The molecule has 132 valence electrons. The Morgan fingerprint density at radius 1 is 0.960 bits per heavy atom. The number of aryl methyl sites for hydroxylation is 2. The van der Waals surface area contributed by atoms with E-state index in [9.17, 15) is 9.59 Å². The molecule has 0 saturated carbocycles. The maximum absolute atomic E-state index is 12.2. The number of rotatable bonds is 8. The molecule has 0 atom stereocenters. The fraction of sp³-hybridized carbons (Fsp3) is 0.364. The molecule has 3 heteroatoms. The topological polar surface area (TPSA) is 46.2 Å². The molecule has 2 rings (SSSR count). The van der Waals surface area contributed by atoms with Gasteiger partial charge in [0.1, 0.15) is 0 Å². The molecule has 0 aromatic heterocycles.